The van der Waals surface area contributed by atoms with Gasteiger partial charge in [0.15, 0.2) is 5.82 Å². The number of aryl methyl sites for hydroxylation is 1. The molecule has 144 valence electrons. The summed E-state index contributed by atoms with van der Waals surface area (Å²) in [5.74, 6) is 2.59. The molecule has 0 bridgehead atoms. The molecule has 2 amide bonds. The molecule has 1 fully saturated rings. The van der Waals surface area contributed by atoms with Crippen molar-refractivity contribution in [2.24, 2.45) is 0 Å². The van der Waals surface area contributed by atoms with Crippen LogP contribution < -0.4 is 5.32 Å². The molecule has 2 unspecified atom stereocenters. The summed E-state index contributed by atoms with van der Waals surface area (Å²) in [5, 5.41) is 19.4. The highest BCUT2D eigenvalue weighted by Crippen LogP contribution is 2.36. The number of carbonyl (C=O) groups is 1. The van der Waals surface area contributed by atoms with Crippen molar-refractivity contribution in [1.29, 1.82) is 0 Å². The van der Waals surface area contributed by atoms with Crippen LogP contribution >= 0.6 is 0 Å². The van der Waals surface area contributed by atoms with Gasteiger partial charge in [0, 0.05) is 19.0 Å². The summed E-state index contributed by atoms with van der Waals surface area (Å²) in [5.41, 5.74) is 2.28. The molecule has 3 aliphatic rings. The normalized spacial score (nSPS) is 25.3. The van der Waals surface area contributed by atoms with Crippen molar-refractivity contribution in [1.82, 2.24) is 35.2 Å². The van der Waals surface area contributed by atoms with E-state index in [-0.39, 0.29) is 18.1 Å². The van der Waals surface area contributed by atoms with E-state index in [9.17, 15) is 4.79 Å². The molecule has 1 aliphatic heterocycles. The van der Waals surface area contributed by atoms with Gasteiger partial charge in [-0.05, 0) is 44.6 Å². The summed E-state index contributed by atoms with van der Waals surface area (Å²) in [4.78, 5) is 14.9. The van der Waals surface area contributed by atoms with E-state index in [0.717, 1.165) is 43.1 Å². The predicted molar refractivity (Wildman–Crippen MR) is 99.2 cm³/mol. The number of H-pyrrole nitrogens is 1. The summed E-state index contributed by atoms with van der Waals surface area (Å²) < 4.78 is 2.26. The SMILES string of the molecule is CC1c2nnc(C3CCCC3)n2CCN1C(=O)NC1CCCc2cn[nH]c21. The largest absolute Gasteiger partial charge is 0.330 e. The van der Waals surface area contributed by atoms with Gasteiger partial charge >= 0.3 is 6.03 Å². The number of amides is 2. The van der Waals surface area contributed by atoms with E-state index in [1.165, 1.54) is 31.2 Å². The third kappa shape index (κ3) is 2.82. The third-order valence-electron chi connectivity index (χ3n) is 6.53. The third-order valence-corrected chi connectivity index (χ3v) is 6.53. The summed E-state index contributed by atoms with van der Waals surface area (Å²) in [6.45, 7) is 3.53. The van der Waals surface area contributed by atoms with E-state index in [0.29, 0.717) is 12.5 Å². The number of fused-ring (bicyclic) bond motifs is 2. The van der Waals surface area contributed by atoms with Crippen molar-refractivity contribution in [3.63, 3.8) is 0 Å². The molecule has 0 saturated heterocycles. The standard InChI is InChI=1S/C19H27N7O/c1-12-17-23-24-18(13-5-2-3-6-13)26(17)10-9-25(12)19(27)21-15-8-4-7-14-11-20-22-16(14)15/h11-13,15H,2-10H2,1H3,(H,20,22)(H,21,27). The molecule has 2 aliphatic carbocycles. The van der Waals surface area contributed by atoms with Crippen LogP contribution in [0.5, 0.6) is 0 Å². The Hall–Kier alpha value is -2.38. The molecule has 2 aromatic rings. The van der Waals surface area contributed by atoms with Crippen LogP contribution in [0.4, 0.5) is 4.79 Å². The van der Waals surface area contributed by atoms with Gasteiger partial charge in [-0.25, -0.2) is 4.79 Å². The second kappa shape index (κ2) is 6.65. The summed E-state index contributed by atoms with van der Waals surface area (Å²) in [7, 11) is 0. The molecule has 2 N–H and O–H groups in total. The molecule has 2 aromatic heterocycles. The lowest BCUT2D eigenvalue weighted by molar-refractivity contribution is 0.154. The average Bonchev–Trinajstić information content (AvgIpc) is 3.41. The van der Waals surface area contributed by atoms with Crippen LogP contribution in [0, 0.1) is 0 Å². The number of urea groups is 1. The smallest absolute Gasteiger partial charge is 0.318 e. The van der Waals surface area contributed by atoms with Gasteiger partial charge in [-0.2, -0.15) is 5.10 Å². The Labute approximate surface area is 158 Å². The molecule has 0 radical (unpaired) electrons. The maximum Gasteiger partial charge on any atom is 0.318 e. The van der Waals surface area contributed by atoms with Crippen molar-refractivity contribution >= 4 is 6.03 Å². The van der Waals surface area contributed by atoms with Crippen LogP contribution in [0.1, 0.15) is 86.4 Å². The van der Waals surface area contributed by atoms with Crippen molar-refractivity contribution in [3.05, 3.63) is 29.1 Å². The number of carbonyl (C=O) groups excluding carboxylic acids is 1. The van der Waals surface area contributed by atoms with E-state index in [1.54, 1.807) is 0 Å². The molecule has 5 rings (SSSR count). The monoisotopic (exact) mass is 369 g/mol. The van der Waals surface area contributed by atoms with Crippen molar-refractivity contribution < 1.29 is 4.79 Å². The Morgan fingerprint density at radius 3 is 2.81 bits per heavy atom. The van der Waals surface area contributed by atoms with Gasteiger partial charge in [0.1, 0.15) is 5.82 Å². The highest BCUT2D eigenvalue weighted by atomic mass is 16.2. The first-order valence-corrected chi connectivity index (χ1v) is 10.2. The number of hydrogen-bond donors (Lipinski definition) is 2. The highest BCUT2D eigenvalue weighted by molar-refractivity contribution is 5.75. The average molecular weight is 369 g/mol. The topological polar surface area (TPSA) is 91.7 Å². The lowest BCUT2D eigenvalue weighted by Gasteiger charge is -2.35. The summed E-state index contributed by atoms with van der Waals surface area (Å²) >= 11 is 0. The molecule has 27 heavy (non-hydrogen) atoms. The van der Waals surface area contributed by atoms with Gasteiger partial charge in [0.2, 0.25) is 0 Å². The van der Waals surface area contributed by atoms with Crippen molar-refractivity contribution in [2.45, 2.75) is 76.4 Å². The Kier molecular flexibility index (Phi) is 4.13. The molecule has 8 heteroatoms. The van der Waals surface area contributed by atoms with Crippen molar-refractivity contribution in [3.8, 4) is 0 Å². The Bertz CT molecular complexity index is 835. The fourth-order valence-corrected chi connectivity index (χ4v) is 5.01. The van der Waals surface area contributed by atoms with Gasteiger partial charge in [-0.3, -0.25) is 5.10 Å². The number of rotatable bonds is 2. The highest BCUT2D eigenvalue weighted by Gasteiger charge is 2.35. The minimum atomic E-state index is -0.0637. The summed E-state index contributed by atoms with van der Waals surface area (Å²) in [6, 6.07) is -0.0670. The molecule has 3 heterocycles. The fraction of sp³-hybridized carbons (Fsp3) is 0.684. The Morgan fingerprint density at radius 2 is 1.96 bits per heavy atom. The Balaban J connectivity index is 1.32. The molecule has 8 nitrogen and oxygen atoms in total. The van der Waals surface area contributed by atoms with Crippen LogP contribution in [0.15, 0.2) is 6.20 Å². The zero-order valence-electron chi connectivity index (χ0n) is 15.8. The molecule has 1 saturated carbocycles. The first-order valence-electron chi connectivity index (χ1n) is 10.2. The Morgan fingerprint density at radius 1 is 1.15 bits per heavy atom. The van der Waals surface area contributed by atoms with Crippen LogP contribution in [0.3, 0.4) is 0 Å². The quantitative estimate of drug-likeness (QED) is 0.851. The van der Waals surface area contributed by atoms with Gasteiger partial charge < -0.3 is 14.8 Å². The van der Waals surface area contributed by atoms with E-state index in [1.807, 2.05) is 11.1 Å². The number of aromatic nitrogens is 5. The van der Waals surface area contributed by atoms with E-state index in [4.69, 9.17) is 0 Å². The van der Waals surface area contributed by atoms with E-state index in [2.05, 4.69) is 37.2 Å². The number of hydrogen-bond acceptors (Lipinski definition) is 4. The minimum Gasteiger partial charge on any atom is -0.330 e. The second-order valence-corrected chi connectivity index (χ2v) is 8.12. The lowest BCUT2D eigenvalue weighted by Crippen LogP contribution is -2.48. The van der Waals surface area contributed by atoms with Gasteiger partial charge in [-0.1, -0.05) is 12.8 Å². The fourth-order valence-electron chi connectivity index (χ4n) is 5.01. The maximum atomic E-state index is 13.0. The first kappa shape index (κ1) is 16.8. The number of aromatic amines is 1. The zero-order chi connectivity index (χ0) is 18.4. The van der Waals surface area contributed by atoms with E-state index >= 15 is 0 Å². The maximum absolute atomic E-state index is 13.0. The second-order valence-electron chi connectivity index (χ2n) is 8.12. The van der Waals surface area contributed by atoms with E-state index < -0.39 is 0 Å². The molecule has 0 aromatic carbocycles. The molecular weight excluding hydrogens is 342 g/mol. The van der Waals surface area contributed by atoms with Crippen LogP contribution in [-0.2, 0) is 13.0 Å². The first-order chi connectivity index (χ1) is 13.2. The molecular formula is C19H27N7O. The minimum absolute atomic E-state index is 0.0183. The predicted octanol–water partition coefficient (Wildman–Crippen LogP) is 2.82. The van der Waals surface area contributed by atoms with Gasteiger partial charge in [0.25, 0.3) is 0 Å². The number of nitrogens with one attached hydrogen (secondary N) is 2. The lowest BCUT2D eigenvalue weighted by atomic mass is 9.94. The summed E-state index contributed by atoms with van der Waals surface area (Å²) in [6.07, 6.45) is 9.94. The van der Waals surface area contributed by atoms with Gasteiger partial charge in [-0.15, -0.1) is 10.2 Å². The number of nitrogens with zero attached hydrogens (tertiary/aromatic N) is 5. The van der Waals surface area contributed by atoms with Crippen LogP contribution in [0.2, 0.25) is 0 Å². The van der Waals surface area contributed by atoms with Crippen LogP contribution in [0.25, 0.3) is 0 Å². The molecule has 2 atom stereocenters. The molecule has 0 spiro atoms. The van der Waals surface area contributed by atoms with Gasteiger partial charge in [0.05, 0.1) is 24.0 Å². The zero-order valence-corrected chi connectivity index (χ0v) is 15.8. The van der Waals surface area contributed by atoms with Crippen LogP contribution in [-0.4, -0.2) is 42.4 Å². The van der Waals surface area contributed by atoms with Crippen molar-refractivity contribution in [2.75, 3.05) is 6.54 Å².